The van der Waals surface area contributed by atoms with E-state index in [2.05, 4.69) is 49.8 Å². The average Bonchev–Trinajstić information content (AvgIpc) is 1.60. The molecule has 0 aliphatic carbocycles. The Bertz CT molecular complexity index is 7540. The molecule has 5 aliphatic rings. The first-order valence-electron chi connectivity index (χ1n) is 45.7. The average molecular weight is 2030 g/mol. The standard InChI is InChI=1S/C21H20F2N4O4.C20H19F3N2O4.C20H19F2N5O4.C20H24N4O4.C18H16F3N3O3/c1-10-4-6-24-19-12(10)5-7-26(19)20-17(30)16(29)18(31-20)15(28)11-2-3-13-14(8-11)27(9-25-13)21(22)23;1-10-5-7-24-18-13(10)6-8-25(18)19-16(28)15(27)17(29-19)14(26)11-3-2-4-12(9-11)20(21,22)23;1-9-11-4-5-26(18(11)24-7-23-9)19-16(30)15(29)17(31-19)14(28)10-2-3-13-12(6-10)25-8-27(13)20(21)22;1-11-4-7-22-19-13(11)6-9-24(19)20-17(27)16(26)18(28-20)15(25)12-5-8-21-14(10-12)23(2)3;1-9-12-6-7-24(16(12)23-8-22-9)17-14(26)13(25)15(27-17)18(20,21)10-2-4-11(19)5-3-10/h2-9,15-18,20-21,28-30H,1H3;2-9,14-17,19,26-28H,1H3;2-8,14-17,19-20,28-30H,1H3;4-10,15-18,20,25-27H,1-3H3;2-8,13-15,17,25-26H,1H3/t15-,16+,17-,18-,20-;2*14-,15+,16-,17-,19-;15-,16+,17-,18-,20-;13-,14+,15-,17+/m11110/s1. The van der Waals surface area contributed by atoms with Gasteiger partial charge in [-0.05, 0) is 183 Å². The fraction of sp³-hybridized carbons (Fsp3) is 0.354. The van der Waals surface area contributed by atoms with Crippen LogP contribution in [0.15, 0.2) is 227 Å². The second kappa shape index (κ2) is 41.1. The minimum Gasteiger partial charge on any atom is -0.387 e. The van der Waals surface area contributed by atoms with Crippen molar-refractivity contribution in [3.05, 3.63) is 294 Å². The van der Waals surface area contributed by atoms with Crippen molar-refractivity contribution < 1.29 is 139 Å². The number of halogens is 10. The van der Waals surface area contributed by atoms with E-state index in [4.69, 9.17) is 23.7 Å². The lowest BCUT2D eigenvalue weighted by molar-refractivity contribution is -0.169. The van der Waals surface area contributed by atoms with E-state index in [0.29, 0.717) is 70.9 Å². The summed E-state index contributed by atoms with van der Waals surface area (Å²) in [7, 11) is 3.71. The molecule has 13 aromatic heterocycles. The molecule has 22 rings (SSSR count). The smallest absolute Gasteiger partial charge is 0.387 e. The molecule has 0 spiro atoms. The molecule has 0 saturated carbocycles. The van der Waals surface area contributed by atoms with E-state index in [1.165, 1.54) is 76.5 Å². The number of rotatable bonds is 18. The van der Waals surface area contributed by atoms with Crippen molar-refractivity contribution in [3.8, 4) is 0 Å². The Labute approximate surface area is 820 Å². The molecule has 5 aliphatic heterocycles. The summed E-state index contributed by atoms with van der Waals surface area (Å²) < 4.78 is 172. The third-order valence-electron chi connectivity index (χ3n) is 26.9. The van der Waals surface area contributed by atoms with E-state index >= 15 is 0 Å². The summed E-state index contributed by atoms with van der Waals surface area (Å²) in [4.78, 5) is 43.4. The molecule has 5 saturated heterocycles. The number of fused-ring (bicyclic) bond motifs is 7. The topological polar surface area (TPSA) is 496 Å². The van der Waals surface area contributed by atoms with Gasteiger partial charge in [-0.3, -0.25) is 9.13 Å². The predicted molar refractivity (Wildman–Crippen MR) is 500 cm³/mol. The van der Waals surface area contributed by atoms with E-state index in [-0.39, 0.29) is 27.7 Å². The van der Waals surface area contributed by atoms with Crippen molar-refractivity contribution in [2.75, 3.05) is 19.0 Å². The fourth-order valence-corrected chi connectivity index (χ4v) is 18.8. The minimum absolute atomic E-state index is 0.0666. The molecule has 24 atom stereocenters. The number of hydrogen-bond acceptors (Lipinski definition) is 30. The van der Waals surface area contributed by atoms with Crippen molar-refractivity contribution in [1.29, 1.82) is 0 Å². The van der Waals surface area contributed by atoms with Gasteiger partial charge in [0, 0.05) is 102 Å². The molecule has 146 heavy (non-hydrogen) atoms. The zero-order chi connectivity index (χ0) is 104. The number of anilines is 1. The zero-order valence-electron chi connectivity index (χ0n) is 78.0. The maximum Gasteiger partial charge on any atom is 0.416 e. The monoisotopic (exact) mass is 2030 g/mol. The molecule has 17 aromatic rings. The maximum atomic E-state index is 14.9. The summed E-state index contributed by atoms with van der Waals surface area (Å²) in [5.41, 5.74) is 7.74. The van der Waals surface area contributed by atoms with Crippen LogP contribution in [0.25, 0.3) is 77.2 Å². The van der Waals surface area contributed by atoms with Crippen molar-refractivity contribution in [2.24, 2.45) is 0 Å². The van der Waals surface area contributed by atoms with Gasteiger partial charge in [-0.25, -0.2) is 54.2 Å². The molecule has 4 aromatic carbocycles. The Morgan fingerprint density at radius 3 is 1.12 bits per heavy atom. The number of aliphatic hydroxyl groups is 14. The quantitative estimate of drug-likeness (QED) is 0.0355. The summed E-state index contributed by atoms with van der Waals surface area (Å²) in [5.74, 6) is -3.62. The second-order valence-electron chi connectivity index (χ2n) is 36.2. The van der Waals surface area contributed by atoms with Crippen LogP contribution < -0.4 is 4.90 Å². The number of imidazole rings is 2. The lowest BCUT2D eigenvalue weighted by atomic mass is 9.97. The SMILES string of the molecule is Cc1ccnc2c1ccn2[C@@H]1O[C@H]([C@H](O)c2ccc3ncn(C(F)F)c3c2)[C@@H](O)[C@H]1O.Cc1ccnc2c1ccn2[C@@H]1O[C@H]([C@H](O)c2cccc(C(F)(F)F)c2)[C@@H](O)[C@H]1O.Cc1ccnc2c1ccn2[C@@H]1O[C@H]([C@H](O)c2ccnc(N(C)C)c2)[C@@H](O)[C@H]1O.Cc1ncnc2c1ccn2[C@@H]1O[C@H](C(F)(F)c2ccc(F)cc2)[C@@H](O)[C@H]1O.Cc1ncnc2c1ccn2[C@@H]1O[C@H]([C@H](O)c2ccc3c(c2)ncn3C(F)F)[C@@H](O)[C@H]1O. The molecule has 5 fully saturated rings. The molecule has 47 heteroatoms. The summed E-state index contributed by atoms with van der Waals surface area (Å²) >= 11 is 0. The van der Waals surface area contributed by atoms with Gasteiger partial charge < -0.3 is 123 Å². The van der Waals surface area contributed by atoms with Gasteiger partial charge >= 0.3 is 25.2 Å². The first-order chi connectivity index (χ1) is 69.6. The third-order valence-corrected chi connectivity index (χ3v) is 26.9. The van der Waals surface area contributed by atoms with E-state index in [1.54, 1.807) is 101 Å². The highest BCUT2D eigenvalue weighted by atomic mass is 19.4. The molecular formula is C99H98F10N18O19. The van der Waals surface area contributed by atoms with Gasteiger partial charge in [0.1, 0.15) is 175 Å². The van der Waals surface area contributed by atoms with E-state index in [1.807, 2.05) is 77.0 Å². The molecule has 0 unspecified atom stereocenters. The Morgan fingerprint density at radius 1 is 0.336 bits per heavy atom. The maximum absolute atomic E-state index is 14.9. The number of nitrogens with zero attached hydrogens (tertiary/aromatic N) is 18. The van der Waals surface area contributed by atoms with Crippen LogP contribution >= 0.6 is 0 Å². The molecule has 37 nitrogen and oxygen atoms in total. The number of hydrogen-bond donors (Lipinski definition) is 14. The fourth-order valence-electron chi connectivity index (χ4n) is 18.8. The van der Waals surface area contributed by atoms with E-state index in [0.717, 1.165) is 93.0 Å². The number of pyridine rings is 4. The summed E-state index contributed by atoms with van der Waals surface area (Å²) in [6.07, 6.45) is -16.4. The Hall–Kier alpha value is -13.4. The number of ether oxygens (including phenoxy) is 5. The highest BCUT2D eigenvalue weighted by Gasteiger charge is 2.58. The Kier molecular flexibility index (Phi) is 28.9. The molecule has 14 N–H and O–H groups in total. The molecule has 768 valence electrons. The number of benzene rings is 4. The Balaban J connectivity index is 0.000000120. The van der Waals surface area contributed by atoms with Crippen LogP contribution in [0.4, 0.5) is 49.7 Å². The van der Waals surface area contributed by atoms with E-state index < -0.39 is 189 Å². The van der Waals surface area contributed by atoms with Crippen LogP contribution in [0, 0.1) is 40.4 Å². The first-order valence-corrected chi connectivity index (χ1v) is 45.7. The largest absolute Gasteiger partial charge is 0.416 e. The van der Waals surface area contributed by atoms with Crippen molar-refractivity contribution in [3.63, 3.8) is 0 Å². The highest BCUT2D eigenvalue weighted by molar-refractivity contribution is 5.83. The summed E-state index contributed by atoms with van der Waals surface area (Å²) in [6, 6.07) is 34.6. The van der Waals surface area contributed by atoms with Gasteiger partial charge in [0.25, 0.3) is 0 Å². The van der Waals surface area contributed by atoms with Crippen LogP contribution in [0.1, 0.15) is 130 Å². The lowest BCUT2D eigenvalue weighted by Gasteiger charge is -2.25. The van der Waals surface area contributed by atoms with E-state index in [9.17, 15) is 115 Å². The highest BCUT2D eigenvalue weighted by Crippen LogP contribution is 2.48. The van der Waals surface area contributed by atoms with Crippen LogP contribution in [0.2, 0.25) is 0 Å². The zero-order valence-corrected chi connectivity index (χ0v) is 78.0. The van der Waals surface area contributed by atoms with Crippen molar-refractivity contribution >= 4 is 83.1 Å². The van der Waals surface area contributed by atoms with Gasteiger partial charge in [0.2, 0.25) is 0 Å². The minimum atomic E-state index is -4.57. The molecule has 0 radical (unpaired) electrons. The van der Waals surface area contributed by atoms with Gasteiger partial charge in [-0.15, -0.1) is 0 Å². The summed E-state index contributed by atoms with van der Waals surface area (Å²) in [5, 5.41) is 152. The van der Waals surface area contributed by atoms with Crippen LogP contribution in [-0.2, 0) is 35.8 Å². The van der Waals surface area contributed by atoms with Crippen molar-refractivity contribution in [1.82, 2.24) is 81.8 Å². The Morgan fingerprint density at radius 2 is 0.699 bits per heavy atom. The number of aliphatic hydroxyl groups excluding tert-OH is 14. The van der Waals surface area contributed by atoms with Gasteiger partial charge in [-0.1, -0.05) is 36.4 Å². The number of alkyl halides is 9. The number of aromatic nitrogens is 17. The van der Waals surface area contributed by atoms with Crippen molar-refractivity contribution in [2.45, 2.75) is 207 Å². The van der Waals surface area contributed by atoms with Crippen LogP contribution in [0.3, 0.4) is 0 Å². The predicted octanol–water partition coefficient (Wildman–Crippen LogP) is 10.4. The molecule has 0 bridgehead atoms. The molecular weight excluding hydrogens is 1940 g/mol. The van der Waals surface area contributed by atoms with Gasteiger partial charge in [0.15, 0.2) is 37.2 Å². The normalized spacial score (nSPS) is 25.7. The third kappa shape index (κ3) is 19.3. The first kappa shape index (κ1) is 103. The van der Waals surface area contributed by atoms with Gasteiger partial charge in [-0.2, -0.15) is 39.5 Å². The second-order valence-corrected chi connectivity index (χ2v) is 36.2. The summed E-state index contributed by atoms with van der Waals surface area (Å²) in [6.45, 7) is 3.88. The molecule has 0 amide bonds. The van der Waals surface area contributed by atoms with Gasteiger partial charge in [0.05, 0.1) is 39.0 Å². The van der Waals surface area contributed by atoms with Crippen LogP contribution in [-0.4, -0.2) is 259 Å². The molecule has 18 heterocycles. The number of aryl methyl sites for hydroxylation is 5. The van der Waals surface area contributed by atoms with Crippen LogP contribution in [0.5, 0.6) is 0 Å². The lowest BCUT2D eigenvalue weighted by Crippen LogP contribution is -2.41.